The first-order chi connectivity index (χ1) is 14.3. The summed E-state index contributed by atoms with van der Waals surface area (Å²) in [6.07, 6.45) is -0.251. The highest BCUT2D eigenvalue weighted by Crippen LogP contribution is 2.25. The smallest absolute Gasteiger partial charge is 0.305 e. The van der Waals surface area contributed by atoms with Gasteiger partial charge in [0.25, 0.3) is 5.91 Å². The van der Waals surface area contributed by atoms with E-state index in [1.807, 2.05) is 51.1 Å². The molecule has 3 aromatic rings. The molecule has 156 valence electrons. The van der Waals surface area contributed by atoms with E-state index in [-0.39, 0.29) is 18.2 Å². The first-order valence-electron chi connectivity index (χ1n) is 9.58. The number of aliphatic carboxylic acids is 1. The van der Waals surface area contributed by atoms with Gasteiger partial charge in [0.1, 0.15) is 5.82 Å². The fourth-order valence-electron chi connectivity index (χ4n) is 3.21. The third kappa shape index (κ3) is 4.68. The average Bonchev–Trinajstić information content (AvgIpc) is 3.13. The largest absolute Gasteiger partial charge is 0.481 e. The van der Waals surface area contributed by atoms with Crippen molar-refractivity contribution in [2.24, 2.45) is 0 Å². The summed E-state index contributed by atoms with van der Waals surface area (Å²) >= 11 is 6.31. The second-order valence-electron chi connectivity index (χ2n) is 7.29. The number of nitrogens with one attached hydrogen (secondary N) is 1. The number of carbonyl (C=O) groups is 2. The van der Waals surface area contributed by atoms with E-state index in [4.69, 9.17) is 11.6 Å². The Morgan fingerprint density at radius 2 is 1.80 bits per heavy atom. The molecule has 2 aromatic carbocycles. The molecule has 1 aromatic heterocycles. The lowest BCUT2D eigenvalue weighted by molar-refractivity contribution is -0.137. The highest BCUT2D eigenvalue weighted by molar-refractivity contribution is 6.32. The fourth-order valence-corrected chi connectivity index (χ4v) is 3.42. The summed E-state index contributed by atoms with van der Waals surface area (Å²) in [6.45, 7) is 5.76. The third-order valence-electron chi connectivity index (χ3n) is 4.68. The Hall–Kier alpha value is -3.19. The van der Waals surface area contributed by atoms with Gasteiger partial charge in [-0.05, 0) is 30.2 Å². The Balaban J connectivity index is 1.96. The van der Waals surface area contributed by atoms with Crippen LogP contribution in [0, 0.1) is 6.92 Å². The van der Waals surface area contributed by atoms with E-state index in [0.717, 1.165) is 11.1 Å². The third-order valence-corrected chi connectivity index (χ3v) is 5.00. The van der Waals surface area contributed by atoms with Gasteiger partial charge in [0.2, 0.25) is 5.82 Å². The molecule has 2 N–H and O–H groups in total. The van der Waals surface area contributed by atoms with E-state index >= 15 is 0 Å². The van der Waals surface area contributed by atoms with Crippen molar-refractivity contribution in [3.63, 3.8) is 0 Å². The Kier molecular flexibility index (Phi) is 6.52. The maximum Gasteiger partial charge on any atom is 0.305 e. The summed E-state index contributed by atoms with van der Waals surface area (Å²) in [7, 11) is 0. The number of hydrogen-bond donors (Lipinski definition) is 2. The molecule has 7 nitrogen and oxygen atoms in total. The first kappa shape index (κ1) is 21.5. The molecule has 3 rings (SSSR count). The molecule has 0 saturated carbocycles. The second-order valence-corrected chi connectivity index (χ2v) is 7.70. The quantitative estimate of drug-likeness (QED) is 0.587. The summed E-state index contributed by atoms with van der Waals surface area (Å²) in [4.78, 5) is 28.7. The number of para-hydroxylation sites is 1. The van der Waals surface area contributed by atoms with Gasteiger partial charge in [0.05, 0.1) is 23.2 Å². The number of amides is 1. The molecule has 0 saturated heterocycles. The van der Waals surface area contributed by atoms with Gasteiger partial charge in [0.15, 0.2) is 0 Å². The highest BCUT2D eigenvalue weighted by atomic mass is 35.5. The SMILES string of the molecule is Cc1ccccc1[C@H](CC(=O)O)NC(=O)c1nc(C(C)C)n(-c2ccccc2Cl)n1. The van der Waals surface area contributed by atoms with Gasteiger partial charge in [-0.25, -0.2) is 9.67 Å². The minimum Gasteiger partial charge on any atom is -0.481 e. The predicted molar refractivity (Wildman–Crippen MR) is 114 cm³/mol. The van der Waals surface area contributed by atoms with Crippen LogP contribution in [0.2, 0.25) is 5.02 Å². The second kappa shape index (κ2) is 9.09. The molecule has 1 atom stereocenters. The van der Waals surface area contributed by atoms with Crippen LogP contribution in [0.4, 0.5) is 0 Å². The lowest BCUT2D eigenvalue weighted by Crippen LogP contribution is -2.31. The van der Waals surface area contributed by atoms with Gasteiger partial charge >= 0.3 is 5.97 Å². The number of nitrogens with zero attached hydrogens (tertiary/aromatic N) is 3. The minimum atomic E-state index is -1.01. The Labute approximate surface area is 179 Å². The van der Waals surface area contributed by atoms with Crippen LogP contribution in [0.15, 0.2) is 48.5 Å². The van der Waals surface area contributed by atoms with Crippen molar-refractivity contribution >= 4 is 23.5 Å². The van der Waals surface area contributed by atoms with E-state index < -0.39 is 17.9 Å². The molecule has 1 heterocycles. The number of aromatic nitrogens is 3. The number of benzene rings is 2. The molecule has 0 unspecified atom stereocenters. The molecule has 0 radical (unpaired) electrons. The van der Waals surface area contributed by atoms with Crippen molar-refractivity contribution in [3.8, 4) is 5.69 Å². The zero-order chi connectivity index (χ0) is 21.8. The number of halogens is 1. The molecule has 0 aliphatic carbocycles. The van der Waals surface area contributed by atoms with Crippen LogP contribution >= 0.6 is 11.6 Å². The average molecular weight is 427 g/mol. The van der Waals surface area contributed by atoms with E-state index in [9.17, 15) is 14.7 Å². The summed E-state index contributed by atoms with van der Waals surface area (Å²) in [5.41, 5.74) is 2.25. The van der Waals surface area contributed by atoms with Crippen molar-refractivity contribution in [1.29, 1.82) is 0 Å². The van der Waals surface area contributed by atoms with Gasteiger partial charge in [-0.3, -0.25) is 9.59 Å². The van der Waals surface area contributed by atoms with Crippen LogP contribution in [0.3, 0.4) is 0 Å². The maximum atomic E-state index is 13.0. The van der Waals surface area contributed by atoms with Crippen molar-refractivity contribution < 1.29 is 14.7 Å². The molecule has 30 heavy (non-hydrogen) atoms. The zero-order valence-corrected chi connectivity index (χ0v) is 17.7. The number of rotatable bonds is 7. The monoisotopic (exact) mass is 426 g/mol. The Bertz CT molecular complexity index is 1080. The molecule has 8 heteroatoms. The van der Waals surface area contributed by atoms with Gasteiger partial charge in [0, 0.05) is 5.92 Å². The normalized spacial score (nSPS) is 12.0. The van der Waals surface area contributed by atoms with Gasteiger partial charge in [-0.2, -0.15) is 0 Å². The van der Waals surface area contributed by atoms with E-state index in [0.29, 0.717) is 16.5 Å². The zero-order valence-electron chi connectivity index (χ0n) is 17.0. The fraction of sp³-hybridized carbons (Fsp3) is 0.273. The molecule has 0 spiro atoms. The van der Waals surface area contributed by atoms with Crippen LogP contribution in [-0.4, -0.2) is 31.7 Å². The predicted octanol–water partition coefficient (Wildman–Crippen LogP) is 4.30. The lowest BCUT2D eigenvalue weighted by Gasteiger charge is -2.18. The topological polar surface area (TPSA) is 97.1 Å². The summed E-state index contributed by atoms with van der Waals surface area (Å²) < 4.78 is 1.56. The lowest BCUT2D eigenvalue weighted by atomic mass is 9.99. The molecule has 1 amide bonds. The van der Waals surface area contributed by atoms with Crippen LogP contribution < -0.4 is 5.32 Å². The summed E-state index contributed by atoms with van der Waals surface area (Å²) in [5, 5.41) is 17.0. The van der Waals surface area contributed by atoms with E-state index in [1.54, 1.807) is 22.9 Å². The van der Waals surface area contributed by atoms with Crippen LogP contribution in [-0.2, 0) is 4.79 Å². The number of aryl methyl sites for hydroxylation is 1. The molecular formula is C22H23ClN4O3. The number of hydrogen-bond acceptors (Lipinski definition) is 4. The van der Waals surface area contributed by atoms with E-state index in [2.05, 4.69) is 15.4 Å². The highest BCUT2D eigenvalue weighted by Gasteiger charge is 2.25. The molecule has 0 aliphatic heterocycles. The van der Waals surface area contributed by atoms with Gasteiger partial charge in [-0.15, -0.1) is 5.10 Å². The van der Waals surface area contributed by atoms with Crippen LogP contribution in [0.1, 0.15) is 59.8 Å². The standard InChI is InChI=1S/C22H23ClN4O3/c1-13(2)21-25-20(26-27(21)18-11-7-6-10-16(18)23)22(30)24-17(12-19(28)29)15-9-5-4-8-14(15)3/h4-11,13,17H,12H2,1-3H3,(H,24,30)(H,28,29)/t17-/m0/s1. The Morgan fingerprint density at radius 3 is 2.43 bits per heavy atom. The first-order valence-corrected chi connectivity index (χ1v) is 9.95. The Morgan fingerprint density at radius 1 is 1.13 bits per heavy atom. The van der Waals surface area contributed by atoms with Crippen molar-refractivity contribution in [2.75, 3.05) is 0 Å². The molecule has 0 bridgehead atoms. The summed E-state index contributed by atoms with van der Waals surface area (Å²) in [6, 6.07) is 13.8. The van der Waals surface area contributed by atoms with E-state index in [1.165, 1.54) is 0 Å². The number of carboxylic acid groups (broad SMARTS) is 1. The van der Waals surface area contributed by atoms with Crippen molar-refractivity contribution in [2.45, 2.75) is 39.2 Å². The maximum absolute atomic E-state index is 13.0. The molecule has 0 aliphatic rings. The molecule has 0 fully saturated rings. The minimum absolute atomic E-state index is 0.0125. The van der Waals surface area contributed by atoms with Crippen molar-refractivity contribution in [3.05, 3.63) is 76.3 Å². The number of carboxylic acids is 1. The van der Waals surface area contributed by atoms with Gasteiger partial charge in [-0.1, -0.05) is 61.8 Å². The molecular weight excluding hydrogens is 404 g/mol. The number of carbonyl (C=O) groups excluding carboxylic acids is 1. The van der Waals surface area contributed by atoms with Crippen molar-refractivity contribution in [1.82, 2.24) is 20.1 Å². The van der Waals surface area contributed by atoms with Crippen LogP contribution in [0.5, 0.6) is 0 Å². The summed E-state index contributed by atoms with van der Waals surface area (Å²) in [5.74, 6) is -1.03. The van der Waals surface area contributed by atoms with Crippen LogP contribution in [0.25, 0.3) is 5.69 Å². The van der Waals surface area contributed by atoms with Gasteiger partial charge < -0.3 is 10.4 Å².